The molecule has 0 aliphatic carbocycles. The van der Waals surface area contributed by atoms with Gasteiger partial charge in [-0.2, -0.15) is 0 Å². The lowest BCUT2D eigenvalue weighted by molar-refractivity contribution is -0.119. The Bertz CT molecular complexity index is 658. The fourth-order valence-electron chi connectivity index (χ4n) is 1.77. The van der Waals surface area contributed by atoms with E-state index >= 15 is 0 Å². The van der Waals surface area contributed by atoms with Crippen LogP contribution in [0.4, 0.5) is 5.69 Å². The minimum absolute atomic E-state index is 0.186. The standard InChI is InChI=1S/C12H10N2O3S2/c1-2-7(15)10-6(5-13-12(19)11(10)18)14-8(16)3-4-9(14)17/h3-5,18H,2H2,1H3,(H,13,19). The number of ketones is 1. The number of nitrogens with zero attached hydrogens (tertiary/aromatic N) is 1. The number of rotatable bonds is 3. The van der Waals surface area contributed by atoms with Crippen LogP contribution in [-0.4, -0.2) is 22.6 Å². The molecule has 0 saturated heterocycles. The van der Waals surface area contributed by atoms with Crippen LogP contribution in [0.1, 0.15) is 23.7 Å². The van der Waals surface area contributed by atoms with Crippen LogP contribution in [-0.2, 0) is 9.59 Å². The monoisotopic (exact) mass is 294 g/mol. The van der Waals surface area contributed by atoms with E-state index in [4.69, 9.17) is 12.2 Å². The second-order valence-corrected chi connectivity index (χ2v) is 4.70. The molecule has 98 valence electrons. The Morgan fingerprint density at radius 3 is 2.47 bits per heavy atom. The van der Waals surface area contributed by atoms with Gasteiger partial charge >= 0.3 is 0 Å². The maximum atomic E-state index is 12.0. The zero-order chi connectivity index (χ0) is 14.2. The number of hydrogen-bond acceptors (Lipinski definition) is 5. The highest BCUT2D eigenvalue weighted by molar-refractivity contribution is 7.81. The van der Waals surface area contributed by atoms with Gasteiger partial charge in [-0.15, -0.1) is 12.6 Å². The number of carbonyl (C=O) groups excluding carboxylic acids is 3. The fourth-order valence-corrected chi connectivity index (χ4v) is 2.24. The largest absolute Gasteiger partial charge is 0.350 e. The van der Waals surface area contributed by atoms with Gasteiger partial charge in [0.2, 0.25) is 0 Å². The maximum absolute atomic E-state index is 12.0. The van der Waals surface area contributed by atoms with Crippen molar-refractivity contribution in [3.8, 4) is 0 Å². The third-order valence-electron chi connectivity index (χ3n) is 2.70. The first kappa shape index (κ1) is 13.7. The molecule has 1 aliphatic heterocycles. The number of Topliss-reactive ketones (excluding diaryl/α,β-unsaturated/α-hetero) is 1. The first-order valence-corrected chi connectivity index (χ1v) is 6.37. The van der Waals surface area contributed by atoms with E-state index < -0.39 is 11.8 Å². The Labute approximate surface area is 119 Å². The Morgan fingerprint density at radius 1 is 1.37 bits per heavy atom. The second-order valence-electron chi connectivity index (χ2n) is 3.85. The minimum atomic E-state index is -0.492. The predicted octanol–water partition coefficient (Wildman–Crippen LogP) is 2.05. The van der Waals surface area contributed by atoms with Crippen molar-refractivity contribution < 1.29 is 14.4 Å². The van der Waals surface area contributed by atoms with Crippen LogP contribution in [0.3, 0.4) is 0 Å². The van der Waals surface area contributed by atoms with Crippen molar-refractivity contribution >= 4 is 48.1 Å². The van der Waals surface area contributed by atoms with Gasteiger partial charge in [0.05, 0.1) is 16.1 Å². The number of hydrogen-bond donors (Lipinski definition) is 2. The zero-order valence-electron chi connectivity index (χ0n) is 9.97. The van der Waals surface area contributed by atoms with Crippen LogP contribution >= 0.6 is 24.8 Å². The number of pyridine rings is 1. The van der Waals surface area contributed by atoms with Crippen LogP contribution in [0, 0.1) is 4.64 Å². The molecule has 5 nitrogen and oxygen atoms in total. The summed E-state index contributed by atoms with van der Waals surface area (Å²) in [5, 5.41) is 0. The molecule has 1 aromatic rings. The number of thiol groups is 1. The molecular formula is C12H10N2O3S2. The SMILES string of the molecule is CCC(=O)c1c(N2C(=O)C=CC2=O)c[nH]c(=S)c1S. The molecule has 2 amide bonds. The zero-order valence-corrected chi connectivity index (χ0v) is 11.7. The van der Waals surface area contributed by atoms with Crippen molar-refractivity contribution in [2.75, 3.05) is 4.90 Å². The predicted molar refractivity (Wildman–Crippen MR) is 75.1 cm³/mol. The summed E-state index contributed by atoms with van der Waals surface area (Å²) in [7, 11) is 0. The number of anilines is 1. The molecule has 1 aromatic heterocycles. The summed E-state index contributed by atoms with van der Waals surface area (Å²) in [6, 6.07) is 0. The van der Waals surface area contributed by atoms with Crippen LogP contribution < -0.4 is 4.90 Å². The molecule has 1 N–H and O–H groups in total. The number of aromatic nitrogens is 1. The molecule has 7 heteroatoms. The molecule has 0 bridgehead atoms. The molecule has 0 radical (unpaired) electrons. The van der Waals surface area contributed by atoms with Crippen LogP contribution in [0.15, 0.2) is 23.2 Å². The molecule has 0 fully saturated rings. The molecule has 0 atom stereocenters. The number of imide groups is 1. The van der Waals surface area contributed by atoms with Crippen LogP contribution in [0.25, 0.3) is 0 Å². The third kappa shape index (κ3) is 2.26. The van der Waals surface area contributed by atoms with E-state index in [0.29, 0.717) is 0 Å². The molecule has 0 unspecified atom stereocenters. The van der Waals surface area contributed by atoms with Gasteiger partial charge < -0.3 is 4.98 Å². The first-order valence-electron chi connectivity index (χ1n) is 5.51. The van der Waals surface area contributed by atoms with Crippen molar-refractivity contribution in [3.63, 3.8) is 0 Å². The summed E-state index contributed by atoms with van der Waals surface area (Å²) in [6.45, 7) is 1.69. The summed E-state index contributed by atoms with van der Waals surface area (Å²) in [5.74, 6) is -1.21. The smallest absolute Gasteiger partial charge is 0.258 e. The normalized spacial score (nSPS) is 14.3. The van der Waals surface area contributed by atoms with Gasteiger partial charge in [0.1, 0.15) is 4.64 Å². The average Bonchev–Trinajstić information content (AvgIpc) is 2.71. The Morgan fingerprint density at radius 2 is 1.95 bits per heavy atom. The van der Waals surface area contributed by atoms with Crippen molar-refractivity contribution in [2.45, 2.75) is 18.2 Å². The van der Waals surface area contributed by atoms with E-state index in [-0.39, 0.29) is 33.0 Å². The van der Waals surface area contributed by atoms with Gasteiger partial charge in [0, 0.05) is 24.8 Å². The summed E-state index contributed by atoms with van der Waals surface area (Å²) >= 11 is 9.21. The van der Waals surface area contributed by atoms with E-state index in [1.807, 2.05) is 0 Å². The number of H-pyrrole nitrogens is 1. The van der Waals surface area contributed by atoms with E-state index in [1.54, 1.807) is 6.92 Å². The number of amides is 2. The van der Waals surface area contributed by atoms with Gasteiger partial charge in [-0.3, -0.25) is 14.4 Å². The van der Waals surface area contributed by atoms with Crippen molar-refractivity contribution in [1.82, 2.24) is 4.98 Å². The minimum Gasteiger partial charge on any atom is -0.350 e. The Hall–Kier alpha value is -1.73. The van der Waals surface area contributed by atoms with Crippen molar-refractivity contribution in [1.29, 1.82) is 0 Å². The number of aromatic amines is 1. The molecule has 0 aromatic carbocycles. The van der Waals surface area contributed by atoms with Gasteiger partial charge in [0.25, 0.3) is 11.8 Å². The highest BCUT2D eigenvalue weighted by atomic mass is 32.1. The summed E-state index contributed by atoms with van der Waals surface area (Å²) < 4.78 is 0.288. The van der Waals surface area contributed by atoms with Gasteiger partial charge in [-0.05, 0) is 0 Å². The molecular weight excluding hydrogens is 284 g/mol. The summed E-state index contributed by atoms with van der Waals surface area (Å²) in [6.07, 6.45) is 3.92. The lowest BCUT2D eigenvalue weighted by atomic mass is 10.1. The maximum Gasteiger partial charge on any atom is 0.258 e. The van der Waals surface area contributed by atoms with E-state index in [2.05, 4.69) is 17.6 Å². The van der Waals surface area contributed by atoms with Crippen molar-refractivity contribution in [2.24, 2.45) is 0 Å². The van der Waals surface area contributed by atoms with E-state index in [1.165, 1.54) is 6.20 Å². The highest BCUT2D eigenvalue weighted by Gasteiger charge is 2.30. The molecule has 1 aliphatic rings. The third-order valence-corrected chi connectivity index (χ3v) is 3.62. The molecule has 2 rings (SSSR count). The van der Waals surface area contributed by atoms with Gasteiger partial charge in [-0.25, -0.2) is 4.90 Å². The molecule has 2 heterocycles. The fraction of sp³-hybridized carbons (Fsp3) is 0.167. The lowest BCUT2D eigenvalue weighted by Crippen LogP contribution is -2.31. The highest BCUT2D eigenvalue weighted by Crippen LogP contribution is 2.29. The quantitative estimate of drug-likeness (QED) is 0.387. The number of nitrogens with one attached hydrogen (secondary N) is 1. The van der Waals surface area contributed by atoms with E-state index in [0.717, 1.165) is 17.1 Å². The van der Waals surface area contributed by atoms with Crippen LogP contribution in [0.2, 0.25) is 0 Å². The van der Waals surface area contributed by atoms with Gasteiger partial charge in [-0.1, -0.05) is 19.1 Å². The van der Waals surface area contributed by atoms with Crippen LogP contribution in [0.5, 0.6) is 0 Å². The molecule has 19 heavy (non-hydrogen) atoms. The number of carbonyl (C=O) groups is 3. The molecule has 0 spiro atoms. The molecule has 0 saturated carbocycles. The lowest BCUT2D eigenvalue weighted by Gasteiger charge is -2.18. The average molecular weight is 294 g/mol. The van der Waals surface area contributed by atoms with Gasteiger partial charge in [0.15, 0.2) is 5.78 Å². The first-order chi connectivity index (χ1) is 8.97. The topological polar surface area (TPSA) is 70.2 Å². The van der Waals surface area contributed by atoms with Crippen molar-refractivity contribution in [3.05, 3.63) is 28.6 Å². The second kappa shape index (κ2) is 5.10. The Balaban J connectivity index is 2.68. The summed E-state index contributed by atoms with van der Waals surface area (Å²) in [4.78, 5) is 39.3. The summed E-state index contributed by atoms with van der Waals surface area (Å²) in [5.41, 5.74) is 0.380. The Kier molecular flexibility index (Phi) is 3.68. The van der Waals surface area contributed by atoms with E-state index in [9.17, 15) is 14.4 Å².